The number of benzene rings is 1. The Morgan fingerprint density at radius 2 is 1.93 bits per heavy atom. The van der Waals surface area contributed by atoms with Gasteiger partial charge in [-0.15, -0.1) is 0 Å². The van der Waals surface area contributed by atoms with E-state index < -0.39 is 45.8 Å². The molecule has 0 radical (unpaired) electrons. The van der Waals surface area contributed by atoms with Gasteiger partial charge < -0.3 is 10.2 Å². The summed E-state index contributed by atoms with van der Waals surface area (Å²) in [7, 11) is -4.07. The maximum Gasteiger partial charge on any atom is 0.416 e. The first-order valence-electron chi connectivity index (χ1n) is 8.32. The van der Waals surface area contributed by atoms with Crippen LogP contribution in [0.15, 0.2) is 34.3 Å². The summed E-state index contributed by atoms with van der Waals surface area (Å²) in [6.07, 6.45) is -4.21. The van der Waals surface area contributed by atoms with Gasteiger partial charge in [0.25, 0.3) is 5.91 Å². The molecule has 1 saturated heterocycles. The molecule has 1 aliphatic heterocycles. The number of hydrogen-bond acceptors (Lipinski definition) is 5. The van der Waals surface area contributed by atoms with Gasteiger partial charge >= 0.3 is 6.18 Å². The summed E-state index contributed by atoms with van der Waals surface area (Å²) in [5.74, 6) is -0.536. The Morgan fingerprint density at radius 3 is 2.54 bits per heavy atom. The molecule has 28 heavy (non-hydrogen) atoms. The Hall–Kier alpha value is -2.21. The fourth-order valence-corrected chi connectivity index (χ4v) is 3.97. The van der Waals surface area contributed by atoms with Gasteiger partial charge in [0, 0.05) is 32.5 Å². The van der Waals surface area contributed by atoms with Crippen molar-refractivity contribution in [2.24, 2.45) is 5.16 Å². The number of amides is 1. The lowest BCUT2D eigenvalue weighted by Gasteiger charge is -2.26. The lowest BCUT2D eigenvalue weighted by Crippen LogP contribution is -2.38. The topological polar surface area (TPSA) is 88.1 Å². The van der Waals surface area contributed by atoms with Crippen molar-refractivity contribution in [3.8, 4) is 0 Å². The number of carbonyl (C=O) groups excluding carboxylic acids is 1. The molecule has 1 fully saturated rings. The van der Waals surface area contributed by atoms with Gasteiger partial charge in [0.05, 0.1) is 16.2 Å². The van der Waals surface area contributed by atoms with Gasteiger partial charge in [-0.2, -0.15) is 17.5 Å². The molecular weight excluding hydrogens is 406 g/mol. The summed E-state index contributed by atoms with van der Waals surface area (Å²) in [6, 6.07) is 3.58. The summed E-state index contributed by atoms with van der Waals surface area (Å²) in [5, 5.41) is 6.01. The molecule has 156 valence electrons. The van der Waals surface area contributed by atoms with Crippen molar-refractivity contribution in [1.82, 2.24) is 9.62 Å². The van der Waals surface area contributed by atoms with E-state index in [2.05, 4.69) is 10.5 Å². The molecule has 1 aromatic rings. The lowest BCUT2D eigenvalue weighted by atomic mass is 10.1. The number of carbonyl (C=O) groups is 1. The highest BCUT2D eigenvalue weighted by Crippen LogP contribution is 2.31. The zero-order valence-electron chi connectivity index (χ0n) is 14.7. The number of alkyl halides is 4. The predicted molar refractivity (Wildman–Crippen MR) is 91.8 cm³/mol. The Bertz CT molecular complexity index is 817. The van der Waals surface area contributed by atoms with Crippen molar-refractivity contribution < 1.29 is 35.6 Å². The first kappa shape index (κ1) is 22.1. The highest BCUT2D eigenvalue weighted by atomic mass is 32.2. The van der Waals surface area contributed by atoms with Gasteiger partial charge in [0.2, 0.25) is 10.0 Å². The minimum atomic E-state index is -4.64. The van der Waals surface area contributed by atoms with Crippen LogP contribution in [-0.2, 0) is 25.8 Å². The number of nitrogens with one attached hydrogen (secondary N) is 1. The van der Waals surface area contributed by atoms with Crippen LogP contribution in [-0.4, -0.2) is 57.3 Å². The van der Waals surface area contributed by atoms with Gasteiger partial charge in [-0.3, -0.25) is 4.79 Å². The molecule has 12 heteroatoms. The molecule has 1 aromatic carbocycles. The van der Waals surface area contributed by atoms with Gasteiger partial charge in [0.1, 0.15) is 6.67 Å². The Labute approximate surface area is 159 Å². The molecule has 0 atom stereocenters. The summed E-state index contributed by atoms with van der Waals surface area (Å²) >= 11 is 0. The number of rotatable bonds is 7. The Kier molecular flexibility index (Phi) is 7.35. The first-order chi connectivity index (χ1) is 13.1. The zero-order chi connectivity index (χ0) is 20.8. The molecule has 0 saturated carbocycles. The van der Waals surface area contributed by atoms with Crippen molar-refractivity contribution in [2.45, 2.75) is 23.9 Å². The number of nitrogens with zero attached hydrogens (tertiary/aromatic N) is 2. The number of oxime groups is 1. The maximum absolute atomic E-state index is 12.8. The van der Waals surface area contributed by atoms with Crippen LogP contribution in [0.5, 0.6) is 0 Å². The number of piperidine rings is 1. The van der Waals surface area contributed by atoms with Crippen LogP contribution >= 0.6 is 0 Å². The second-order valence-corrected chi connectivity index (χ2v) is 7.84. The number of halogens is 4. The van der Waals surface area contributed by atoms with Crippen LogP contribution < -0.4 is 5.32 Å². The third kappa shape index (κ3) is 5.89. The summed E-state index contributed by atoms with van der Waals surface area (Å²) < 4.78 is 76.6. The van der Waals surface area contributed by atoms with E-state index in [0.717, 1.165) is 22.5 Å². The van der Waals surface area contributed by atoms with E-state index in [4.69, 9.17) is 4.84 Å². The van der Waals surface area contributed by atoms with Crippen LogP contribution in [0.3, 0.4) is 0 Å². The highest BCUT2D eigenvalue weighted by molar-refractivity contribution is 7.89. The summed E-state index contributed by atoms with van der Waals surface area (Å²) in [6.45, 7) is -1.17. The number of sulfonamides is 1. The third-order valence-corrected chi connectivity index (χ3v) is 5.80. The standard InChI is InChI=1S/C16H19F4N3O4S/c17-6-7-21-15(24)11-27-22-13-4-8-23(9-5-13)28(25,26)14-3-1-2-12(10-14)16(18,19)20/h1-3,10H,4-9,11H2,(H,21,24). The van der Waals surface area contributed by atoms with Gasteiger partial charge in [-0.25, -0.2) is 12.8 Å². The maximum atomic E-state index is 12.8. The van der Waals surface area contributed by atoms with E-state index in [9.17, 15) is 30.8 Å². The van der Waals surface area contributed by atoms with Crippen molar-refractivity contribution in [3.63, 3.8) is 0 Å². The van der Waals surface area contributed by atoms with Crippen molar-refractivity contribution in [1.29, 1.82) is 0 Å². The molecule has 7 nitrogen and oxygen atoms in total. The Balaban J connectivity index is 1.95. The van der Waals surface area contributed by atoms with E-state index >= 15 is 0 Å². The molecule has 0 spiro atoms. The Morgan fingerprint density at radius 1 is 1.25 bits per heavy atom. The van der Waals surface area contributed by atoms with E-state index in [1.54, 1.807) is 0 Å². The fraction of sp³-hybridized carbons (Fsp3) is 0.500. The van der Waals surface area contributed by atoms with E-state index in [0.29, 0.717) is 11.8 Å². The third-order valence-electron chi connectivity index (χ3n) is 3.90. The van der Waals surface area contributed by atoms with Crippen molar-refractivity contribution in [2.75, 3.05) is 32.9 Å². The highest BCUT2D eigenvalue weighted by Gasteiger charge is 2.33. The lowest BCUT2D eigenvalue weighted by molar-refractivity contribution is -0.137. The minimum absolute atomic E-state index is 0.0226. The molecule has 1 aliphatic rings. The smallest absolute Gasteiger partial charge is 0.386 e. The molecule has 0 aliphatic carbocycles. The molecule has 1 N–H and O–H groups in total. The van der Waals surface area contributed by atoms with Crippen molar-refractivity contribution >= 4 is 21.6 Å². The SMILES string of the molecule is O=C(CON=C1CCN(S(=O)(=O)c2cccc(C(F)(F)F)c2)CC1)NCCF. The first-order valence-corrected chi connectivity index (χ1v) is 9.76. The normalized spacial score (nSPS) is 15.9. The summed E-state index contributed by atoms with van der Waals surface area (Å²) in [5.41, 5.74) is -0.513. The summed E-state index contributed by atoms with van der Waals surface area (Å²) in [4.78, 5) is 15.7. The average Bonchev–Trinajstić information content (AvgIpc) is 2.66. The minimum Gasteiger partial charge on any atom is -0.386 e. The monoisotopic (exact) mass is 425 g/mol. The largest absolute Gasteiger partial charge is 0.416 e. The molecule has 2 rings (SSSR count). The van der Waals surface area contributed by atoms with E-state index in [1.807, 2.05) is 0 Å². The van der Waals surface area contributed by atoms with Crippen LogP contribution in [0.1, 0.15) is 18.4 Å². The van der Waals surface area contributed by atoms with Crippen LogP contribution in [0.4, 0.5) is 17.6 Å². The zero-order valence-corrected chi connectivity index (χ0v) is 15.5. The van der Waals surface area contributed by atoms with E-state index in [1.165, 1.54) is 0 Å². The van der Waals surface area contributed by atoms with E-state index in [-0.39, 0.29) is 32.5 Å². The molecule has 0 aromatic heterocycles. The predicted octanol–water partition coefficient (Wildman–Crippen LogP) is 1.95. The molecule has 1 amide bonds. The van der Waals surface area contributed by atoms with Crippen LogP contribution in [0, 0.1) is 0 Å². The molecule has 0 unspecified atom stereocenters. The van der Waals surface area contributed by atoms with Crippen LogP contribution in [0.25, 0.3) is 0 Å². The molecule has 0 bridgehead atoms. The second-order valence-electron chi connectivity index (χ2n) is 5.90. The van der Waals surface area contributed by atoms with Gasteiger partial charge in [-0.05, 0) is 18.2 Å². The van der Waals surface area contributed by atoms with Gasteiger partial charge in [-0.1, -0.05) is 11.2 Å². The average molecular weight is 425 g/mol. The number of hydrogen-bond donors (Lipinski definition) is 1. The van der Waals surface area contributed by atoms with Gasteiger partial charge in [0.15, 0.2) is 6.61 Å². The second kappa shape index (κ2) is 9.32. The fourth-order valence-electron chi connectivity index (χ4n) is 2.48. The quantitative estimate of drug-likeness (QED) is 0.534. The van der Waals surface area contributed by atoms with Crippen molar-refractivity contribution in [3.05, 3.63) is 29.8 Å². The molecule has 1 heterocycles. The molecular formula is C16H19F4N3O4S. The van der Waals surface area contributed by atoms with Crippen LogP contribution in [0.2, 0.25) is 0 Å².